The normalized spacial score (nSPS) is 19.6. The van der Waals surface area contributed by atoms with Crippen LogP contribution < -0.4 is 10.5 Å². The summed E-state index contributed by atoms with van der Waals surface area (Å²) < 4.78 is 5.47. The maximum Gasteiger partial charge on any atom is 0.234 e. The fourth-order valence-electron chi connectivity index (χ4n) is 3.28. The lowest BCUT2D eigenvalue weighted by molar-refractivity contribution is -0.124. The first-order chi connectivity index (χ1) is 10.6. The molecule has 1 aliphatic heterocycles. The fourth-order valence-corrected chi connectivity index (χ4v) is 3.28. The molecule has 1 heterocycles. The van der Waals surface area contributed by atoms with E-state index in [0.717, 1.165) is 38.3 Å². The Hall–Kier alpha value is -1.59. The van der Waals surface area contributed by atoms with Gasteiger partial charge in [-0.15, -0.1) is 0 Å². The molecule has 122 valence electrons. The summed E-state index contributed by atoms with van der Waals surface area (Å²) in [4.78, 5) is 16.1. The van der Waals surface area contributed by atoms with Gasteiger partial charge in [0, 0.05) is 37.8 Å². The van der Waals surface area contributed by atoms with E-state index in [9.17, 15) is 4.79 Å². The molecule has 22 heavy (non-hydrogen) atoms. The molecule has 5 nitrogen and oxygen atoms in total. The third-order valence-corrected chi connectivity index (χ3v) is 4.64. The number of amides is 1. The molecule has 0 unspecified atom stereocenters. The number of carbonyl (C=O) groups excluding carboxylic acids is 1. The van der Waals surface area contributed by atoms with Gasteiger partial charge in [-0.25, -0.2) is 0 Å². The van der Waals surface area contributed by atoms with Gasteiger partial charge in [0.05, 0.1) is 13.2 Å². The lowest BCUT2D eigenvalue weighted by Crippen LogP contribution is -2.54. The van der Waals surface area contributed by atoms with Crippen molar-refractivity contribution in [1.29, 1.82) is 0 Å². The number of ether oxygens (including phenoxy) is 1. The van der Waals surface area contributed by atoms with Crippen molar-refractivity contribution < 1.29 is 9.53 Å². The van der Waals surface area contributed by atoms with Crippen LogP contribution in [0.15, 0.2) is 24.3 Å². The average molecular weight is 305 g/mol. The second-order valence-electron chi connectivity index (χ2n) is 5.82. The molecule has 0 bridgehead atoms. The first-order valence-corrected chi connectivity index (χ1v) is 7.98. The molecular weight excluding hydrogens is 278 g/mol. The number of nitrogens with two attached hydrogens (primary N) is 1. The monoisotopic (exact) mass is 305 g/mol. The summed E-state index contributed by atoms with van der Waals surface area (Å²) in [7, 11) is 1.71. The highest BCUT2D eigenvalue weighted by Gasteiger charge is 2.28. The standard InChI is InChI=1S/C17H27N3O2/c1-4-15(17(18)21)20-11-9-19(10-12-20)13(2)14-7-5-6-8-16(14)22-3/h5-8,13,15H,4,9-12H2,1-3H3,(H2,18,21)/t13-,15+/m1/s1. The Bertz CT molecular complexity index is 498. The van der Waals surface area contributed by atoms with Gasteiger partial charge in [0.2, 0.25) is 5.91 Å². The number of primary amides is 1. The van der Waals surface area contributed by atoms with Gasteiger partial charge in [-0.2, -0.15) is 0 Å². The van der Waals surface area contributed by atoms with Crippen LogP contribution >= 0.6 is 0 Å². The molecule has 2 atom stereocenters. The highest BCUT2D eigenvalue weighted by molar-refractivity contribution is 5.79. The largest absolute Gasteiger partial charge is 0.496 e. The van der Waals surface area contributed by atoms with E-state index in [1.165, 1.54) is 5.56 Å². The third kappa shape index (κ3) is 3.59. The zero-order chi connectivity index (χ0) is 16.1. The summed E-state index contributed by atoms with van der Waals surface area (Å²) in [5, 5.41) is 0. The molecule has 0 saturated carbocycles. The van der Waals surface area contributed by atoms with Crippen LogP contribution in [0.2, 0.25) is 0 Å². The van der Waals surface area contributed by atoms with Crippen molar-refractivity contribution in [3.05, 3.63) is 29.8 Å². The van der Waals surface area contributed by atoms with Gasteiger partial charge >= 0.3 is 0 Å². The van der Waals surface area contributed by atoms with Crippen LogP contribution in [0.4, 0.5) is 0 Å². The second kappa shape index (κ2) is 7.61. The SMILES string of the molecule is CC[C@@H](C(N)=O)N1CCN([C@H](C)c2ccccc2OC)CC1. The smallest absolute Gasteiger partial charge is 0.234 e. The predicted molar refractivity (Wildman–Crippen MR) is 87.8 cm³/mol. The summed E-state index contributed by atoms with van der Waals surface area (Å²) in [5.41, 5.74) is 6.70. The highest BCUT2D eigenvalue weighted by Crippen LogP contribution is 2.29. The maximum atomic E-state index is 11.5. The third-order valence-electron chi connectivity index (χ3n) is 4.64. The van der Waals surface area contributed by atoms with Crippen molar-refractivity contribution in [2.24, 2.45) is 5.73 Å². The number of piperazine rings is 1. The molecule has 0 spiro atoms. The number of nitrogens with zero attached hydrogens (tertiary/aromatic N) is 2. The number of para-hydroxylation sites is 1. The second-order valence-corrected chi connectivity index (χ2v) is 5.82. The molecule has 1 aliphatic rings. The minimum atomic E-state index is -0.214. The number of benzene rings is 1. The van der Waals surface area contributed by atoms with Crippen LogP contribution in [-0.2, 0) is 4.79 Å². The van der Waals surface area contributed by atoms with Crippen LogP contribution in [0.1, 0.15) is 31.9 Å². The summed E-state index contributed by atoms with van der Waals surface area (Å²) >= 11 is 0. The van der Waals surface area contributed by atoms with E-state index >= 15 is 0 Å². The predicted octanol–water partition coefficient (Wildman–Crippen LogP) is 1.64. The van der Waals surface area contributed by atoms with E-state index in [0.29, 0.717) is 6.04 Å². The molecule has 1 saturated heterocycles. The van der Waals surface area contributed by atoms with Crippen LogP contribution in [0, 0.1) is 0 Å². The summed E-state index contributed by atoms with van der Waals surface area (Å²) in [6.45, 7) is 7.84. The fraction of sp³-hybridized carbons (Fsp3) is 0.588. The van der Waals surface area contributed by atoms with Gasteiger partial charge in [0.1, 0.15) is 5.75 Å². The van der Waals surface area contributed by atoms with Crippen LogP contribution in [-0.4, -0.2) is 55.0 Å². The Labute approximate surface area is 133 Å². The molecule has 5 heteroatoms. The van der Waals surface area contributed by atoms with E-state index in [1.807, 2.05) is 25.1 Å². The maximum absolute atomic E-state index is 11.5. The Morgan fingerprint density at radius 1 is 1.23 bits per heavy atom. The van der Waals surface area contributed by atoms with Crippen LogP contribution in [0.25, 0.3) is 0 Å². The van der Waals surface area contributed by atoms with Crippen molar-refractivity contribution in [3.63, 3.8) is 0 Å². The van der Waals surface area contributed by atoms with Gasteiger partial charge in [-0.1, -0.05) is 25.1 Å². The van der Waals surface area contributed by atoms with E-state index in [2.05, 4.69) is 22.8 Å². The number of carbonyl (C=O) groups is 1. The van der Waals surface area contributed by atoms with E-state index in [4.69, 9.17) is 10.5 Å². The molecular formula is C17H27N3O2. The van der Waals surface area contributed by atoms with Gasteiger partial charge in [0.25, 0.3) is 0 Å². The molecule has 0 radical (unpaired) electrons. The van der Waals surface area contributed by atoms with Crippen molar-refractivity contribution in [2.75, 3.05) is 33.3 Å². The molecule has 1 aromatic rings. The molecule has 1 amide bonds. The molecule has 2 N–H and O–H groups in total. The van der Waals surface area contributed by atoms with Gasteiger partial charge in [-0.3, -0.25) is 14.6 Å². The lowest BCUT2D eigenvalue weighted by atomic mass is 10.0. The van der Waals surface area contributed by atoms with Gasteiger partial charge in [0.15, 0.2) is 0 Å². The molecule has 0 aromatic heterocycles. The number of hydrogen-bond donors (Lipinski definition) is 1. The Balaban J connectivity index is 2.00. The van der Waals surface area contributed by atoms with E-state index in [-0.39, 0.29) is 11.9 Å². The zero-order valence-corrected chi connectivity index (χ0v) is 13.8. The van der Waals surface area contributed by atoms with Gasteiger partial charge in [-0.05, 0) is 19.4 Å². The zero-order valence-electron chi connectivity index (χ0n) is 13.8. The minimum absolute atomic E-state index is 0.135. The molecule has 0 aliphatic carbocycles. The Morgan fingerprint density at radius 2 is 1.82 bits per heavy atom. The first kappa shape index (κ1) is 16.8. The highest BCUT2D eigenvalue weighted by atomic mass is 16.5. The summed E-state index contributed by atoms with van der Waals surface area (Å²) in [5.74, 6) is 0.717. The van der Waals surface area contributed by atoms with E-state index in [1.54, 1.807) is 7.11 Å². The minimum Gasteiger partial charge on any atom is -0.496 e. The molecule has 1 aromatic carbocycles. The lowest BCUT2D eigenvalue weighted by Gasteiger charge is -2.40. The van der Waals surface area contributed by atoms with Crippen molar-refractivity contribution in [3.8, 4) is 5.75 Å². The number of hydrogen-bond acceptors (Lipinski definition) is 4. The van der Waals surface area contributed by atoms with Crippen molar-refractivity contribution in [1.82, 2.24) is 9.80 Å². The summed E-state index contributed by atoms with van der Waals surface area (Å²) in [6, 6.07) is 8.32. The van der Waals surface area contributed by atoms with Gasteiger partial charge < -0.3 is 10.5 Å². The number of rotatable bonds is 6. The Kier molecular flexibility index (Phi) is 5.80. The van der Waals surface area contributed by atoms with Crippen LogP contribution in [0.5, 0.6) is 5.75 Å². The number of methoxy groups -OCH3 is 1. The topological polar surface area (TPSA) is 58.8 Å². The quantitative estimate of drug-likeness (QED) is 0.868. The Morgan fingerprint density at radius 3 is 2.36 bits per heavy atom. The van der Waals surface area contributed by atoms with E-state index < -0.39 is 0 Å². The van der Waals surface area contributed by atoms with Crippen LogP contribution in [0.3, 0.4) is 0 Å². The van der Waals surface area contributed by atoms with Crippen molar-refractivity contribution in [2.45, 2.75) is 32.4 Å². The summed E-state index contributed by atoms with van der Waals surface area (Å²) in [6.07, 6.45) is 0.775. The van der Waals surface area contributed by atoms with Crippen molar-refractivity contribution >= 4 is 5.91 Å². The molecule has 2 rings (SSSR count). The first-order valence-electron chi connectivity index (χ1n) is 7.98. The molecule has 1 fully saturated rings. The average Bonchev–Trinajstić information content (AvgIpc) is 2.55.